The zero-order chi connectivity index (χ0) is 28.0. The van der Waals surface area contributed by atoms with Gasteiger partial charge in [0.2, 0.25) is 0 Å². The molecule has 0 spiro atoms. The molecule has 202 valence electrons. The average molecular weight is 547 g/mol. The lowest BCUT2D eigenvalue weighted by molar-refractivity contribution is 0.379. The summed E-state index contributed by atoms with van der Waals surface area (Å²) in [5.74, 6) is 2.16. The molecule has 0 unspecified atom stereocenters. The molecule has 0 saturated carbocycles. The van der Waals surface area contributed by atoms with Gasteiger partial charge < -0.3 is 13.6 Å². The van der Waals surface area contributed by atoms with Gasteiger partial charge in [-0.25, -0.2) is 0 Å². The van der Waals surface area contributed by atoms with E-state index in [9.17, 15) is 0 Å². The Hall–Kier alpha value is -4.07. The van der Waals surface area contributed by atoms with Gasteiger partial charge in [0.25, 0.3) is 0 Å². The Morgan fingerprint density at radius 1 is 0.550 bits per heavy atom. The number of hydrogen-bond donors (Lipinski definition) is 0. The fourth-order valence-electron chi connectivity index (χ4n) is 4.43. The molecule has 0 aliphatic carbocycles. The van der Waals surface area contributed by atoms with E-state index in [0.717, 1.165) is 40.0 Å². The highest BCUT2D eigenvalue weighted by atomic mass is 31.2. The smallest absolute Gasteiger partial charge is 0.409 e. The minimum Gasteiger partial charge on any atom is -0.409 e. The van der Waals surface area contributed by atoms with Crippen molar-refractivity contribution < 1.29 is 13.6 Å². The molecule has 40 heavy (non-hydrogen) atoms. The predicted molar refractivity (Wildman–Crippen MR) is 167 cm³/mol. The number of benzene rings is 5. The van der Waals surface area contributed by atoms with Gasteiger partial charge >= 0.3 is 8.60 Å². The van der Waals surface area contributed by atoms with Crippen molar-refractivity contribution in [3.63, 3.8) is 0 Å². The van der Waals surface area contributed by atoms with Gasteiger partial charge in [-0.1, -0.05) is 123 Å². The number of rotatable bonds is 10. The average Bonchev–Trinajstić information content (AvgIpc) is 2.99. The monoisotopic (exact) mass is 546 g/mol. The standard InChI is InChI=1S/C36H35O3P/c1-5-36(3,4)34-26-27(2)16-25-35(34)39-40(37-32-21-17-30(18-22-32)28-12-8-6-9-13-28)38-33-23-19-31(20-24-33)29-14-10-7-11-15-29/h6-26H,5H2,1-4H3. The molecule has 4 heteroatoms. The van der Waals surface area contributed by atoms with Crippen LogP contribution in [0.15, 0.2) is 127 Å². The fraction of sp³-hybridized carbons (Fsp3) is 0.167. The van der Waals surface area contributed by atoms with E-state index < -0.39 is 8.60 Å². The summed E-state index contributed by atoms with van der Waals surface area (Å²) >= 11 is 0. The summed E-state index contributed by atoms with van der Waals surface area (Å²) in [7, 11) is -1.80. The van der Waals surface area contributed by atoms with Crippen molar-refractivity contribution in [2.75, 3.05) is 0 Å². The first-order valence-electron chi connectivity index (χ1n) is 13.7. The van der Waals surface area contributed by atoms with Gasteiger partial charge in [0, 0.05) is 5.56 Å². The fourth-order valence-corrected chi connectivity index (χ4v) is 5.45. The van der Waals surface area contributed by atoms with Crippen molar-refractivity contribution >= 4 is 8.60 Å². The normalized spacial score (nSPS) is 11.3. The van der Waals surface area contributed by atoms with Crippen molar-refractivity contribution in [1.82, 2.24) is 0 Å². The molecule has 5 aromatic rings. The molecule has 0 aromatic heterocycles. The van der Waals surface area contributed by atoms with Crippen LogP contribution in [0.25, 0.3) is 22.3 Å². The van der Waals surface area contributed by atoms with Gasteiger partial charge in [-0.2, -0.15) is 0 Å². The molecular formula is C36H35O3P. The van der Waals surface area contributed by atoms with Crippen molar-refractivity contribution in [3.05, 3.63) is 139 Å². The second-order valence-electron chi connectivity index (χ2n) is 10.5. The highest BCUT2D eigenvalue weighted by Gasteiger charge is 2.27. The third-order valence-electron chi connectivity index (χ3n) is 7.20. The van der Waals surface area contributed by atoms with Crippen LogP contribution in [0.1, 0.15) is 38.3 Å². The molecule has 0 aliphatic rings. The maximum Gasteiger partial charge on any atom is 0.530 e. The Kier molecular flexibility index (Phi) is 8.53. The van der Waals surface area contributed by atoms with Crippen LogP contribution in [0.5, 0.6) is 17.2 Å². The van der Waals surface area contributed by atoms with E-state index in [1.54, 1.807) is 0 Å². The van der Waals surface area contributed by atoms with E-state index in [2.05, 4.69) is 88.4 Å². The molecule has 0 bridgehead atoms. The van der Waals surface area contributed by atoms with Crippen molar-refractivity contribution in [3.8, 4) is 39.5 Å². The van der Waals surface area contributed by atoms with Gasteiger partial charge in [0.05, 0.1) is 0 Å². The van der Waals surface area contributed by atoms with Gasteiger partial charge in [-0.3, -0.25) is 0 Å². The number of aryl methyl sites for hydroxylation is 1. The number of hydrogen-bond acceptors (Lipinski definition) is 3. The SMILES string of the molecule is CCC(C)(C)c1cc(C)ccc1OP(Oc1ccc(-c2ccccc2)cc1)Oc1ccc(-c2ccccc2)cc1. The van der Waals surface area contributed by atoms with E-state index in [0.29, 0.717) is 11.5 Å². The second kappa shape index (κ2) is 12.4. The van der Waals surface area contributed by atoms with Crippen LogP contribution in [0, 0.1) is 6.92 Å². The largest absolute Gasteiger partial charge is 0.530 e. The van der Waals surface area contributed by atoms with E-state index >= 15 is 0 Å². The van der Waals surface area contributed by atoms with E-state index in [1.807, 2.05) is 66.7 Å². The predicted octanol–water partition coefficient (Wildman–Crippen LogP) is 10.8. The van der Waals surface area contributed by atoms with Gasteiger partial charge in [0.15, 0.2) is 0 Å². The van der Waals surface area contributed by atoms with Gasteiger partial charge in [-0.05, 0) is 71.3 Å². The highest BCUT2D eigenvalue weighted by Crippen LogP contribution is 2.46. The first kappa shape index (κ1) is 27.5. The summed E-state index contributed by atoms with van der Waals surface area (Å²) < 4.78 is 19.3. The van der Waals surface area contributed by atoms with E-state index in [-0.39, 0.29) is 5.41 Å². The summed E-state index contributed by atoms with van der Waals surface area (Å²) in [4.78, 5) is 0. The molecular weight excluding hydrogens is 511 g/mol. The molecule has 3 nitrogen and oxygen atoms in total. The van der Waals surface area contributed by atoms with Crippen molar-refractivity contribution in [1.29, 1.82) is 0 Å². The molecule has 0 radical (unpaired) electrons. The quantitative estimate of drug-likeness (QED) is 0.163. The molecule has 0 heterocycles. The minimum atomic E-state index is -1.80. The molecule has 0 N–H and O–H groups in total. The summed E-state index contributed by atoms with van der Waals surface area (Å²) in [5.41, 5.74) is 6.86. The second-order valence-corrected chi connectivity index (χ2v) is 11.5. The highest BCUT2D eigenvalue weighted by molar-refractivity contribution is 7.43. The van der Waals surface area contributed by atoms with Crippen LogP contribution in [-0.4, -0.2) is 0 Å². The zero-order valence-corrected chi connectivity index (χ0v) is 24.4. The Morgan fingerprint density at radius 2 is 1.00 bits per heavy atom. The van der Waals surface area contributed by atoms with Crippen LogP contribution in [0.4, 0.5) is 0 Å². The maximum absolute atomic E-state index is 6.55. The lowest BCUT2D eigenvalue weighted by Gasteiger charge is -2.27. The summed E-state index contributed by atoms with van der Waals surface area (Å²) in [6.45, 7) is 8.79. The Labute approximate surface area is 239 Å². The first-order chi connectivity index (χ1) is 19.4. The van der Waals surface area contributed by atoms with Crippen LogP contribution < -0.4 is 13.6 Å². The molecule has 5 aromatic carbocycles. The zero-order valence-electron chi connectivity index (χ0n) is 23.5. The van der Waals surface area contributed by atoms with E-state index in [1.165, 1.54) is 5.56 Å². The van der Waals surface area contributed by atoms with Crippen molar-refractivity contribution in [2.45, 2.75) is 39.5 Å². The van der Waals surface area contributed by atoms with Crippen molar-refractivity contribution in [2.24, 2.45) is 0 Å². The van der Waals surface area contributed by atoms with Gasteiger partial charge in [0.1, 0.15) is 17.2 Å². The van der Waals surface area contributed by atoms with Crippen LogP contribution in [0.2, 0.25) is 0 Å². The molecule has 0 aliphatic heterocycles. The first-order valence-corrected chi connectivity index (χ1v) is 14.8. The summed E-state index contributed by atoms with van der Waals surface area (Å²) in [6, 6.07) is 43.0. The van der Waals surface area contributed by atoms with Crippen LogP contribution in [0.3, 0.4) is 0 Å². The molecule has 0 atom stereocenters. The Balaban J connectivity index is 1.42. The third-order valence-corrected chi connectivity index (χ3v) is 8.27. The van der Waals surface area contributed by atoms with E-state index in [4.69, 9.17) is 13.6 Å². The summed E-state index contributed by atoms with van der Waals surface area (Å²) in [6.07, 6.45) is 0.981. The molecule has 5 rings (SSSR count). The molecule has 0 saturated heterocycles. The Morgan fingerprint density at radius 3 is 1.45 bits per heavy atom. The topological polar surface area (TPSA) is 27.7 Å². The van der Waals surface area contributed by atoms with Crippen LogP contribution >= 0.6 is 8.60 Å². The van der Waals surface area contributed by atoms with Gasteiger partial charge in [-0.15, -0.1) is 0 Å². The summed E-state index contributed by atoms with van der Waals surface area (Å²) in [5, 5.41) is 0. The minimum absolute atomic E-state index is 0.0585. The Bertz CT molecular complexity index is 1430. The van der Waals surface area contributed by atoms with Crippen LogP contribution in [-0.2, 0) is 5.41 Å². The lowest BCUT2D eigenvalue weighted by atomic mass is 9.81. The molecule has 0 amide bonds. The third kappa shape index (κ3) is 6.73. The maximum atomic E-state index is 6.55. The molecule has 0 fully saturated rings. The lowest BCUT2D eigenvalue weighted by Crippen LogP contribution is -2.17.